The molecule has 2 rings (SSSR count). The van der Waals surface area contributed by atoms with Gasteiger partial charge in [-0.05, 0) is 6.92 Å². The first kappa shape index (κ1) is 13.2. The van der Waals surface area contributed by atoms with Gasteiger partial charge in [0.15, 0.2) is 0 Å². The van der Waals surface area contributed by atoms with Gasteiger partial charge in [-0.25, -0.2) is 9.97 Å². The van der Waals surface area contributed by atoms with Crippen molar-refractivity contribution in [3.05, 3.63) is 17.7 Å². The molecule has 0 spiro atoms. The van der Waals surface area contributed by atoms with E-state index in [4.69, 9.17) is 4.74 Å². The van der Waals surface area contributed by atoms with Crippen LogP contribution in [0, 0.1) is 0 Å². The maximum absolute atomic E-state index is 9.47. The topological polar surface area (TPSA) is 58.5 Å². The fourth-order valence-corrected chi connectivity index (χ4v) is 2.12. The summed E-state index contributed by atoms with van der Waals surface area (Å²) in [6.45, 7) is 8.44. The maximum atomic E-state index is 9.47. The van der Waals surface area contributed by atoms with Crippen LogP contribution in [0.1, 0.15) is 38.2 Å². The van der Waals surface area contributed by atoms with Crippen LogP contribution in [0.5, 0.6) is 0 Å². The number of nitrogens with zero attached hydrogens (tertiary/aromatic N) is 3. The molecule has 1 atom stereocenters. The number of hydrogen-bond donors (Lipinski definition) is 1. The number of aromatic nitrogens is 2. The van der Waals surface area contributed by atoms with E-state index in [0.717, 1.165) is 24.6 Å². The van der Waals surface area contributed by atoms with Crippen molar-refractivity contribution in [3.63, 3.8) is 0 Å². The van der Waals surface area contributed by atoms with Gasteiger partial charge in [0.05, 0.1) is 36.9 Å². The van der Waals surface area contributed by atoms with E-state index in [1.807, 2.05) is 27.0 Å². The van der Waals surface area contributed by atoms with Gasteiger partial charge in [-0.15, -0.1) is 0 Å². The molecule has 18 heavy (non-hydrogen) atoms. The molecule has 5 nitrogen and oxygen atoms in total. The molecule has 0 saturated carbocycles. The molecule has 1 aliphatic rings. The first-order valence-corrected chi connectivity index (χ1v) is 6.45. The van der Waals surface area contributed by atoms with Crippen LogP contribution in [-0.2, 0) is 11.3 Å². The van der Waals surface area contributed by atoms with E-state index in [-0.39, 0.29) is 18.6 Å². The molecule has 1 aromatic heterocycles. The van der Waals surface area contributed by atoms with Crippen LogP contribution in [0.2, 0.25) is 0 Å². The van der Waals surface area contributed by atoms with Crippen molar-refractivity contribution in [2.45, 2.75) is 39.4 Å². The minimum Gasteiger partial charge on any atom is -0.390 e. The Hall–Kier alpha value is -1.20. The highest BCUT2D eigenvalue weighted by Gasteiger charge is 2.20. The average Bonchev–Trinajstić information content (AvgIpc) is 2.37. The number of rotatable bonds is 3. The van der Waals surface area contributed by atoms with Crippen LogP contribution in [0.3, 0.4) is 0 Å². The molecule has 0 aliphatic carbocycles. The molecule has 0 radical (unpaired) electrons. The minimum absolute atomic E-state index is 0.0523. The van der Waals surface area contributed by atoms with E-state index in [1.165, 1.54) is 0 Å². The SMILES string of the molecule is CC1CN(c2cnc(C(C)C)nc2CO)CCO1. The Balaban J connectivity index is 2.26. The van der Waals surface area contributed by atoms with Gasteiger partial charge in [0, 0.05) is 19.0 Å². The molecule has 1 fully saturated rings. The number of morpholine rings is 1. The van der Waals surface area contributed by atoms with Crippen molar-refractivity contribution in [2.75, 3.05) is 24.6 Å². The zero-order chi connectivity index (χ0) is 13.1. The molecule has 0 amide bonds. The van der Waals surface area contributed by atoms with Gasteiger partial charge in [-0.1, -0.05) is 13.8 Å². The van der Waals surface area contributed by atoms with E-state index >= 15 is 0 Å². The molecule has 1 N–H and O–H groups in total. The quantitative estimate of drug-likeness (QED) is 0.878. The van der Waals surface area contributed by atoms with Crippen LogP contribution in [0.15, 0.2) is 6.20 Å². The number of anilines is 1. The van der Waals surface area contributed by atoms with Crippen LogP contribution < -0.4 is 4.90 Å². The molecule has 1 aliphatic heterocycles. The molecule has 0 aromatic carbocycles. The second kappa shape index (κ2) is 5.63. The number of hydrogen-bond acceptors (Lipinski definition) is 5. The van der Waals surface area contributed by atoms with Gasteiger partial charge in [0.1, 0.15) is 5.82 Å². The first-order chi connectivity index (χ1) is 8.61. The maximum Gasteiger partial charge on any atom is 0.131 e. The summed E-state index contributed by atoms with van der Waals surface area (Å²) in [5, 5.41) is 9.47. The fraction of sp³-hybridized carbons (Fsp3) is 0.692. The summed E-state index contributed by atoms with van der Waals surface area (Å²) in [7, 11) is 0. The van der Waals surface area contributed by atoms with Crippen LogP contribution >= 0.6 is 0 Å². The predicted molar refractivity (Wildman–Crippen MR) is 69.7 cm³/mol. The molecule has 0 bridgehead atoms. The minimum atomic E-state index is -0.0523. The van der Waals surface area contributed by atoms with Crippen molar-refractivity contribution >= 4 is 5.69 Å². The molecule has 2 heterocycles. The molecule has 100 valence electrons. The summed E-state index contributed by atoms with van der Waals surface area (Å²) in [6.07, 6.45) is 2.03. The highest BCUT2D eigenvalue weighted by atomic mass is 16.5. The summed E-state index contributed by atoms with van der Waals surface area (Å²) < 4.78 is 5.52. The Morgan fingerprint density at radius 2 is 2.33 bits per heavy atom. The normalized spacial score (nSPS) is 20.5. The second-order valence-corrected chi connectivity index (χ2v) is 5.00. The molecular formula is C13H21N3O2. The van der Waals surface area contributed by atoms with E-state index in [2.05, 4.69) is 14.9 Å². The third kappa shape index (κ3) is 2.79. The van der Waals surface area contributed by atoms with Gasteiger partial charge in [-0.3, -0.25) is 0 Å². The van der Waals surface area contributed by atoms with Crippen molar-refractivity contribution in [1.29, 1.82) is 0 Å². The monoisotopic (exact) mass is 251 g/mol. The Bertz CT molecular complexity index is 409. The zero-order valence-corrected chi connectivity index (χ0v) is 11.3. The molecular weight excluding hydrogens is 230 g/mol. The largest absolute Gasteiger partial charge is 0.390 e. The standard InChI is InChI=1S/C13H21N3O2/c1-9(2)13-14-6-12(11(8-17)15-13)16-4-5-18-10(3)7-16/h6,9-10,17H,4-5,7-8H2,1-3H3. The van der Waals surface area contributed by atoms with Crippen molar-refractivity contribution in [2.24, 2.45) is 0 Å². The zero-order valence-electron chi connectivity index (χ0n) is 11.3. The number of aliphatic hydroxyl groups is 1. The van der Waals surface area contributed by atoms with E-state index in [1.54, 1.807) is 0 Å². The lowest BCUT2D eigenvalue weighted by Crippen LogP contribution is -2.41. The Kier molecular flexibility index (Phi) is 4.14. The number of aliphatic hydroxyl groups excluding tert-OH is 1. The second-order valence-electron chi connectivity index (χ2n) is 5.00. The summed E-state index contributed by atoms with van der Waals surface area (Å²) in [4.78, 5) is 11.0. The lowest BCUT2D eigenvalue weighted by molar-refractivity contribution is 0.0530. The lowest BCUT2D eigenvalue weighted by Gasteiger charge is -2.33. The van der Waals surface area contributed by atoms with E-state index in [0.29, 0.717) is 12.3 Å². The first-order valence-electron chi connectivity index (χ1n) is 6.45. The third-order valence-corrected chi connectivity index (χ3v) is 3.11. The van der Waals surface area contributed by atoms with Crippen molar-refractivity contribution in [1.82, 2.24) is 9.97 Å². The fourth-order valence-electron chi connectivity index (χ4n) is 2.12. The van der Waals surface area contributed by atoms with Crippen LogP contribution in [0.4, 0.5) is 5.69 Å². The average molecular weight is 251 g/mol. The smallest absolute Gasteiger partial charge is 0.131 e. The van der Waals surface area contributed by atoms with Gasteiger partial charge in [-0.2, -0.15) is 0 Å². The third-order valence-electron chi connectivity index (χ3n) is 3.11. The van der Waals surface area contributed by atoms with E-state index in [9.17, 15) is 5.11 Å². The summed E-state index contributed by atoms with van der Waals surface area (Å²) in [5.41, 5.74) is 1.64. The Labute approximate surface area is 108 Å². The molecule has 1 aromatic rings. The van der Waals surface area contributed by atoms with Crippen molar-refractivity contribution < 1.29 is 9.84 Å². The predicted octanol–water partition coefficient (Wildman–Crippen LogP) is 1.32. The van der Waals surface area contributed by atoms with Crippen LogP contribution in [0.25, 0.3) is 0 Å². The highest BCUT2D eigenvalue weighted by Crippen LogP contribution is 2.22. The molecule has 5 heteroatoms. The molecule has 1 saturated heterocycles. The van der Waals surface area contributed by atoms with Gasteiger partial charge in [0.25, 0.3) is 0 Å². The van der Waals surface area contributed by atoms with Gasteiger partial charge < -0.3 is 14.7 Å². The lowest BCUT2D eigenvalue weighted by atomic mass is 10.2. The van der Waals surface area contributed by atoms with E-state index < -0.39 is 0 Å². The van der Waals surface area contributed by atoms with Crippen molar-refractivity contribution in [3.8, 4) is 0 Å². The summed E-state index contributed by atoms with van der Waals surface area (Å²) >= 11 is 0. The van der Waals surface area contributed by atoms with Gasteiger partial charge in [0.2, 0.25) is 0 Å². The summed E-state index contributed by atoms with van der Waals surface area (Å²) in [6, 6.07) is 0. The highest BCUT2D eigenvalue weighted by molar-refractivity contribution is 5.49. The molecule has 1 unspecified atom stereocenters. The number of ether oxygens (including phenoxy) is 1. The van der Waals surface area contributed by atoms with Gasteiger partial charge >= 0.3 is 0 Å². The Morgan fingerprint density at radius 1 is 1.56 bits per heavy atom. The Morgan fingerprint density at radius 3 is 2.94 bits per heavy atom. The van der Waals surface area contributed by atoms with Crippen LogP contribution in [-0.4, -0.2) is 40.9 Å². The summed E-state index contributed by atoms with van der Waals surface area (Å²) in [5.74, 6) is 1.05.